The maximum atomic E-state index is 10.1. The summed E-state index contributed by atoms with van der Waals surface area (Å²) in [6.45, 7) is 0. The first-order chi connectivity index (χ1) is 29.7. The van der Waals surface area contributed by atoms with E-state index in [2.05, 4.69) is 67.2 Å². The highest BCUT2D eigenvalue weighted by molar-refractivity contribution is 6.59. The van der Waals surface area contributed by atoms with Gasteiger partial charge in [-0.05, 0) is 75.1 Å². The Balaban J connectivity index is 1.19. The third-order valence-electron chi connectivity index (χ3n) is 13.4. The lowest BCUT2D eigenvalue weighted by atomic mass is 9.77. The van der Waals surface area contributed by atoms with Crippen LogP contribution in [0.4, 0.5) is 0 Å². The van der Waals surface area contributed by atoms with Crippen molar-refractivity contribution in [3.8, 4) is 5.75 Å². The van der Waals surface area contributed by atoms with Crippen LogP contribution < -0.4 is 21.0 Å². The fourth-order valence-electron chi connectivity index (χ4n) is 11.1. The van der Waals surface area contributed by atoms with Gasteiger partial charge in [-0.2, -0.15) is 0 Å². The quantitative estimate of drug-likeness (QED) is 0.0791. The summed E-state index contributed by atoms with van der Waals surface area (Å²) in [6.07, 6.45) is 13.4. The minimum absolute atomic E-state index is 0.173. The second kappa shape index (κ2) is 13.1. The fraction of sp³-hybridized carbons (Fsp3) is 0.111. The molecule has 16 heteroatoms. The van der Waals surface area contributed by atoms with Gasteiger partial charge in [0, 0.05) is 29.8 Å². The molecule has 12 nitrogen and oxygen atoms in total. The van der Waals surface area contributed by atoms with E-state index in [1.54, 1.807) is 36.4 Å². The summed E-state index contributed by atoms with van der Waals surface area (Å²) in [5.41, 5.74) is 13.2. The van der Waals surface area contributed by atoms with Crippen LogP contribution in [0, 0.1) is 0 Å². The van der Waals surface area contributed by atoms with E-state index in [4.69, 9.17) is 4.65 Å². The number of nitrogens with zero attached hydrogens (tertiary/aromatic N) is 4. The second-order valence-electron chi connectivity index (χ2n) is 16.3. The van der Waals surface area contributed by atoms with E-state index in [0.717, 1.165) is 67.6 Å². The predicted octanol–water partition coefficient (Wildman–Crippen LogP) is -0.203. The molecule has 0 amide bonds. The number of benzene rings is 4. The van der Waals surface area contributed by atoms with Gasteiger partial charge in [0.2, 0.25) is 23.2 Å². The molecule has 1 radical (unpaired) electrons. The summed E-state index contributed by atoms with van der Waals surface area (Å²) < 4.78 is 12.8. The van der Waals surface area contributed by atoms with Gasteiger partial charge in [-0.1, -0.05) is 95.6 Å². The molecule has 293 valence electrons. The van der Waals surface area contributed by atoms with Crippen LogP contribution in [0.3, 0.4) is 0 Å². The SMILES string of the molecule is O[B]Oc1ccc(C2c3ccc4n3C35N6C(=C(c7ccc(B(O)O)cc7)C7=[N+]3C(C=C7)C(c3ccc(B(O)O)cc3)C3=[N+]5C(=C4c4ccc(B(O)O)cc4)C=C3)C=CC26)cc1. The Morgan fingerprint density at radius 2 is 1.20 bits per heavy atom. The third-order valence-corrected chi connectivity index (χ3v) is 13.4. The second-order valence-corrected chi connectivity index (χ2v) is 16.3. The lowest BCUT2D eigenvalue weighted by molar-refractivity contribution is -0.891. The zero-order valence-electron chi connectivity index (χ0n) is 32.3. The molecule has 7 N–H and O–H groups in total. The average Bonchev–Trinajstić information content (AvgIpc) is 4.10. The predicted molar refractivity (Wildman–Crippen MR) is 231 cm³/mol. The number of hydrogen-bond acceptors (Lipinski definition) is 9. The lowest BCUT2D eigenvalue weighted by Gasteiger charge is -2.52. The van der Waals surface area contributed by atoms with Gasteiger partial charge in [0.25, 0.3) is 0 Å². The van der Waals surface area contributed by atoms with E-state index in [1.165, 1.54) is 0 Å². The van der Waals surface area contributed by atoms with Crippen molar-refractivity contribution < 1.29 is 49.0 Å². The largest absolute Gasteiger partial charge is 0.569 e. The molecule has 1 spiro atoms. The van der Waals surface area contributed by atoms with E-state index in [-0.39, 0.29) is 23.9 Å². The minimum Gasteiger partial charge on any atom is -0.537 e. The van der Waals surface area contributed by atoms with Crippen molar-refractivity contribution in [3.63, 3.8) is 0 Å². The van der Waals surface area contributed by atoms with Crippen LogP contribution in [0.5, 0.6) is 5.75 Å². The van der Waals surface area contributed by atoms with E-state index >= 15 is 0 Å². The molecule has 1 aromatic heterocycles. The lowest BCUT2D eigenvalue weighted by Crippen LogP contribution is -2.75. The third kappa shape index (κ3) is 4.83. The minimum atomic E-state index is -1.61. The van der Waals surface area contributed by atoms with Gasteiger partial charge < -0.3 is 39.8 Å². The highest BCUT2D eigenvalue weighted by atomic mass is 16.5. The van der Waals surface area contributed by atoms with Crippen LogP contribution in [-0.2, 0) is 5.91 Å². The summed E-state index contributed by atoms with van der Waals surface area (Å²) >= 11 is 0. The van der Waals surface area contributed by atoms with Crippen LogP contribution in [0.2, 0.25) is 0 Å². The molecule has 7 aliphatic heterocycles. The molecule has 0 bridgehead atoms. The Kier molecular flexibility index (Phi) is 7.89. The van der Waals surface area contributed by atoms with Gasteiger partial charge in [-0.25, -0.2) is 9.47 Å². The molecular formula is C45H35B4N4O8+2. The van der Waals surface area contributed by atoms with Gasteiger partial charge in [0.05, 0.1) is 34.3 Å². The monoisotopic (exact) mass is 803 g/mol. The Hall–Kier alpha value is -6.22. The molecule has 5 unspecified atom stereocenters. The zero-order valence-corrected chi connectivity index (χ0v) is 32.3. The number of rotatable bonds is 9. The maximum absolute atomic E-state index is 10.1. The van der Waals surface area contributed by atoms with Gasteiger partial charge >= 0.3 is 35.0 Å². The molecule has 0 saturated heterocycles. The number of aromatic nitrogens is 1. The molecule has 0 saturated carbocycles. The van der Waals surface area contributed by atoms with Gasteiger partial charge in [0.1, 0.15) is 5.92 Å². The van der Waals surface area contributed by atoms with Gasteiger partial charge in [-0.3, -0.25) is 0 Å². The van der Waals surface area contributed by atoms with Crippen molar-refractivity contribution in [2.75, 3.05) is 0 Å². The van der Waals surface area contributed by atoms with Crippen molar-refractivity contribution in [1.82, 2.24) is 9.47 Å². The van der Waals surface area contributed by atoms with E-state index < -0.39 is 27.3 Å². The van der Waals surface area contributed by atoms with Crippen LogP contribution >= 0.6 is 0 Å². The van der Waals surface area contributed by atoms with E-state index in [1.807, 2.05) is 60.7 Å². The first kappa shape index (κ1) is 36.6. The smallest absolute Gasteiger partial charge is 0.537 e. The highest BCUT2D eigenvalue weighted by Gasteiger charge is 2.79. The maximum Gasteiger partial charge on any atom is 0.569 e. The van der Waals surface area contributed by atoms with Gasteiger partial charge in [0.15, 0.2) is 0 Å². The zero-order chi connectivity index (χ0) is 41.5. The first-order valence-electron chi connectivity index (χ1n) is 20.2. The molecule has 0 fully saturated rings. The van der Waals surface area contributed by atoms with E-state index in [0.29, 0.717) is 29.8 Å². The number of allylic oxidation sites excluding steroid dienone is 5. The van der Waals surface area contributed by atoms with Crippen LogP contribution in [0.1, 0.15) is 45.5 Å². The Labute approximate surface area is 351 Å². The van der Waals surface area contributed by atoms with Crippen molar-refractivity contribution in [2.45, 2.75) is 29.8 Å². The molecule has 61 heavy (non-hydrogen) atoms. The topological polar surface area (TPSA) is 165 Å². The Bertz CT molecular complexity index is 2940. The molecule has 5 atom stereocenters. The Morgan fingerprint density at radius 3 is 1.82 bits per heavy atom. The molecule has 8 heterocycles. The van der Waals surface area contributed by atoms with Gasteiger partial charge in [-0.15, -0.1) is 4.58 Å². The molecule has 0 aliphatic carbocycles. The number of hydrogen-bond donors (Lipinski definition) is 7. The Morgan fingerprint density at radius 1 is 0.607 bits per heavy atom. The normalized spacial score (nSPS) is 24.2. The molecule has 4 aromatic carbocycles. The standard InChI is InChI=1S/C45H35B4N4O8/c54-46-61-32-15-7-28(8-16-32)44-39-23-21-37-42(26-3-11-30(12-4-26)48(57)58)35-19-17-33-41(25-1-9-29(10-2-25)47(55)56)34-18-20-36-43(27-5-13-31(14-6-27)49(59)60)38-22-24-40(44)53(38)45(50(33)35,51(34)36)52(37)39/h1-24,33,39,41,44,54-60H/q+2. The summed E-state index contributed by atoms with van der Waals surface area (Å²) in [7, 11) is -4.14. The average molecular weight is 803 g/mol. The van der Waals surface area contributed by atoms with Crippen LogP contribution in [0.15, 0.2) is 157 Å². The van der Waals surface area contributed by atoms with E-state index in [9.17, 15) is 35.2 Å². The molecular weight excluding hydrogens is 768 g/mol. The molecule has 12 rings (SSSR count). The summed E-state index contributed by atoms with van der Waals surface area (Å²) in [5.74, 6) is -0.848. The highest BCUT2D eigenvalue weighted by Crippen LogP contribution is 2.60. The van der Waals surface area contributed by atoms with Crippen molar-refractivity contribution in [1.29, 1.82) is 0 Å². The summed E-state index contributed by atoms with van der Waals surface area (Å²) in [5, 5.41) is 69.7. The van der Waals surface area contributed by atoms with Crippen LogP contribution in [-0.4, -0.2) is 106 Å². The summed E-state index contributed by atoms with van der Waals surface area (Å²) in [4.78, 5) is 2.55. The first-order valence-corrected chi connectivity index (χ1v) is 20.2. The summed E-state index contributed by atoms with van der Waals surface area (Å²) in [6, 6.07) is 34.1. The molecule has 5 aromatic rings. The van der Waals surface area contributed by atoms with Crippen molar-refractivity contribution >= 4 is 68.0 Å². The van der Waals surface area contributed by atoms with Crippen molar-refractivity contribution in [2.24, 2.45) is 0 Å². The molecule has 7 aliphatic rings. The van der Waals surface area contributed by atoms with Crippen molar-refractivity contribution in [3.05, 3.63) is 191 Å². The fourth-order valence-corrected chi connectivity index (χ4v) is 11.1. The van der Waals surface area contributed by atoms with Crippen LogP contribution in [0.25, 0.3) is 11.1 Å².